The van der Waals surface area contributed by atoms with Gasteiger partial charge in [0.2, 0.25) is 0 Å². The van der Waals surface area contributed by atoms with E-state index in [4.69, 9.17) is 16.0 Å². The maximum absolute atomic E-state index is 8.64. The first-order valence-electron chi connectivity index (χ1n) is 4.43. The molecule has 0 spiro atoms. The summed E-state index contributed by atoms with van der Waals surface area (Å²) < 4.78 is 0. The van der Waals surface area contributed by atoms with E-state index in [-0.39, 0.29) is 18.5 Å². The second kappa shape index (κ2) is 6.68. The van der Waals surface area contributed by atoms with E-state index >= 15 is 0 Å². The Morgan fingerprint density at radius 3 is 2.62 bits per heavy atom. The molecule has 0 saturated heterocycles. The van der Waals surface area contributed by atoms with Crippen LogP contribution in [0.1, 0.15) is 20.3 Å². The molecule has 5 nitrogen and oxygen atoms in total. The molecule has 0 aromatic rings. The van der Waals surface area contributed by atoms with Gasteiger partial charge >= 0.3 is 0 Å². The summed E-state index contributed by atoms with van der Waals surface area (Å²) in [6, 6.07) is -0.133. The quantitative estimate of drug-likeness (QED) is 0.200. The molecule has 78 valence electrons. The average Bonchev–Trinajstić information content (AvgIpc) is 2.13. The SMILES string of the molecule is CC(CCO)CNC(C)C(N)=NO. The molecule has 5 N–H and O–H groups in total. The predicted octanol–water partition coefficient (Wildman–Crippen LogP) is -0.271. The molecule has 13 heavy (non-hydrogen) atoms. The summed E-state index contributed by atoms with van der Waals surface area (Å²) in [5, 5.41) is 23.0. The minimum atomic E-state index is -0.133. The Morgan fingerprint density at radius 2 is 2.15 bits per heavy atom. The lowest BCUT2D eigenvalue weighted by Crippen LogP contribution is -2.41. The van der Waals surface area contributed by atoms with E-state index in [1.807, 2.05) is 13.8 Å². The van der Waals surface area contributed by atoms with Crippen molar-refractivity contribution in [2.75, 3.05) is 13.2 Å². The van der Waals surface area contributed by atoms with Gasteiger partial charge in [0.25, 0.3) is 0 Å². The van der Waals surface area contributed by atoms with Gasteiger partial charge in [-0.05, 0) is 25.8 Å². The molecule has 0 aliphatic heterocycles. The van der Waals surface area contributed by atoms with Gasteiger partial charge in [-0.25, -0.2) is 0 Å². The summed E-state index contributed by atoms with van der Waals surface area (Å²) in [5.74, 6) is 0.565. The molecular weight excluding hydrogens is 170 g/mol. The molecule has 0 fully saturated rings. The highest BCUT2D eigenvalue weighted by Crippen LogP contribution is 1.98. The van der Waals surface area contributed by atoms with E-state index in [1.165, 1.54) is 0 Å². The Labute approximate surface area is 78.6 Å². The Hall–Kier alpha value is -0.810. The maximum Gasteiger partial charge on any atom is 0.156 e. The Kier molecular flexibility index (Phi) is 6.26. The molecule has 0 amide bonds. The summed E-state index contributed by atoms with van der Waals surface area (Å²) in [5.41, 5.74) is 5.36. The largest absolute Gasteiger partial charge is 0.409 e. The van der Waals surface area contributed by atoms with Crippen LogP contribution < -0.4 is 11.1 Å². The first kappa shape index (κ1) is 12.2. The van der Waals surface area contributed by atoms with Crippen molar-refractivity contribution in [2.24, 2.45) is 16.8 Å². The van der Waals surface area contributed by atoms with E-state index in [0.717, 1.165) is 13.0 Å². The van der Waals surface area contributed by atoms with Crippen LogP contribution in [0.4, 0.5) is 0 Å². The lowest BCUT2D eigenvalue weighted by Gasteiger charge is -2.15. The standard InChI is InChI=1S/C8H19N3O2/c1-6(3-4-12)5-10-7(2)8(9)11-13/h6-7,10,12-13H,3-5H2,1-2H3,(H2,9,11). The molecule has 0 bridgehead atoms. The Morgan fingerprint density at radius 1 is 1.54 bits per heavy atom. The molecule has 0 aromatic carbocycles. The van der Waals surface area contributed by atoms with E-state index < -0.39 is 0 Å². The van der Waals surface area contributed by atoms with Gasteiger partial charge in [-0.3, -0.25) is 0 Å². The van der Waals surface area contributed by atoms with Gasteiger partial charge in [-0.1, -0.05) is 12.1 Å². The molecule has 0 radical (unpaired) electrons. The third-order valence-corrected chi connectivity index (χ3v) is 1.95. The van der Waals surface area contributed by atoms with E-state index in [0.29, 0.717) is 5.92 Å². The van der Waals surface area contributed by atoms with Crippen LogP contribution in [-0.4, -0.2) is 35.3 Å². The van der Waals surface area contributed by atoms with Crippen molar-refractivity contribution in [2.45, 2.75) is 26.3 Å². The highest BCUT2D eigenvalue weighted by atomic mass is 16.4. The van der Waals surface area contributed by atoms with Crippen molar-refractivity contribution < 1.29 is 10.3 Å². The Bertz CT molecular complexity index is 161. The van der Waals surface area contributed by atoms with E-state index in [9.17, 15) is 0 Å². The monoisotopic (exact) mass is 189 g/mol. The number of hydrogen-bond acceptors (Lipinski definition) is 4. The van der Waals surface area contributed by atoms with E-state index in [2.05, 4.69) is 10.5 Å². The zero-order valence-corrected chi connectivity index (χ0v) is 8.20. The molecule has 0 rings (SSSR count). The van der Waals surface area contributed by atoms with Crippen molar-refractivity contribution in [1.82, 2.24) is 5.32 Å². The van der Waals surface area contributed by atoms with Crippen LogP contribution in [0.3, 0.4) is 0 Å². The number of hydrogen-bond donors (Lipinski definition) is 4. The second-order valence-corrected chi connectivity index (χ2v) is 3.27. The number of nitrogens with one attached hydrogen (secondary N) is 1. The highest BCUT2D eigenvalue weighted by molar-refractivity contribution is 5.84. The number of nitrogens with zero attached hydrogens (tertiary/aromatic N) is 1. The number of aliphatic hydroxyl groups is 1. The minimum absolute atomic E-state index is 0.133. The maximum atomic E-state index is 8.64. The zero-order valence-electron chi connectivity index (χ0n) is 8.20. The second-order valence-electron chi connectivity index (χ2n) is 3.27. The van der Waals surface area contributed by atoms with Crippen LogP contribution in [0.5, 0.6) is 0 Å². The Balaban J connectivity index is 3.63. The van der Waals surface area contributed by atoms with Crippen LogP contribution in [0.2, 0.25) is 0 Å². The number of nitrogens with two attached hydrogens (primary N) is 1. The van der Waals surface area contributed by atoms with Crippen molar-refractivity contribution in [3.63, 3.8) is 0 Å². The average molecular weight is 189 g/mol. The smallest absolute Gasteiger partial charge is 0.156 e. The fraction of sp³-hybridized carbons (Fsp3) is 0.875. The van der Waals surface area contributed by atoms with Crippen LogP contribution in [-0.2, 0) is 0 Å². The van der Waals surface area contributed by atoms with Gasteiger partial charge in [0, 0.05) is 6.61 Å². The lowest BCUT2D eigenvalue weighted by molar-refractivity contribution is 0.259. The molecule has 0 aliphatic rings. The van der Waals surface area contributed by atoms with Gasteiger partial charge in [0.15, 0.2) is 5.84 Å². The van der Waals surface area contributed by atoms with Gasteiger partial charge in [-0.2, -0.15) is 0 Å². The number of amidine groups is 1. The first-order chi connectivity index (χ1) is 6.11. The molecule has 5 heteroatoms. The van der Waals surface area contributed by atoms with Crippen LogP contribution in [0.15, 0.2) is 5.16 Å². The fourth-order valence-electron chi connectivity index (χ4n) is 0.892. The van der Waals surface area contributed by atoms with Gasteiger partial charge in [0.1, 0.15) is 0 Å². The third kappa shape index (κ3) is 5.43. The van der Waals surface area contributed by atoms with Crippen molar-refractivity contribution >= 4 is 5.84 Å². The van der Waals surface area contributed by atoms with Gasteiger partial charge in [-0.15, -0.1) is 0 Å². The first-order valence-corrected chi connectivity index (χ1v) is 4.43. The van der Waals surface area contributed by atoms with Gasteiger partial charge in [0.05, 0.1) is 6.04 Å². The number of aliphatic hydroxyl groups excluding tert-OH is 1. The molecule has 2 atom stereocenters. The van der Waals surface area contributed by atoms with Crippen LogP contribution in [0, 0.1) is 5.92 Å². The number of rotatable bonds is 6. The summed E-state index contributed by atoms with van der Waals surface area (Å²) in [7, 11) is 0. The zero-order chi connectivity index (χ0) is 10.3. The number of oxime groups is 1. The molecule has 0 aromatic heterocycles. The topological polar surface area (TPSA) is 90.9 Å². The molecule has 0 heterocycles. The molecular formula is C8H19N3O2. The normalized spacial score (nSPS) is 17.0. The molecule has 0 aliphatic carbocycles. The van der Waals surface area contributed by atoms with Crippen molar-refractivity contribution in [3.05, 3.63) is 0 Å². The van der Waals surface area contributed by atoms with Crippen molar-refractivity contribution in [3.8, 4) is 0 Å². The summed E-state index contributed by atoms with van der Waals surface area (Å²) in [6.07, 6.45) is 0.760. The lowest BCUT2D eigenvalue weighted by atomic mass is 10.1. The predicted molar refractivity (Wildman–Crippen MR) is 51.7 cm³/mol. The highest BCUT2D eigenvalue weighted by Gasteiger charge is 2.08. The summed E-state index contributed by atoms with van der Waals surface area (Å²) >= 11 is 0. The van der Waals surface area contributed by atoms with Gasteiger partial charge < -0.3 is 21.4 Å². The van der Waals surface area contributed by atoms with Crippen LogP contribution >= 0.6 is 0 Å². The summed E-state index contributed by atoms with van der Waals surface area (Å²) in [6.45, 7) is 4.79. The molecule has 2 unspecified atom stereocenters. The molecule has 0 saturated carbocycles. The third-order valence-electron chi connectivity index (χ3n) is 1.95. The fourth-order valence-corrected chi connectivity index (χ4v) is 0.892. The van der Waals surface area contributed by atoms with Crippen molar-refractivity contribution in [1.29, 1.82) is 0 Å². The minimum Gasteiger partial charge on any atom is -0.409 e. The van der Waals surface area contributed by atoms with E-state index in [1.54, 1.807) is 0 Å². The summed E-state index contributed by atoms with van der Waals surface area (Å²) in [4.78, 5) is 0. The van der Waals surface area contributed by atoms with Crippen LogP contribution in [0.25, 0.3) is 0 Å².